The smallest absolute Gasteiger partial charge is 0.322 e. The van der Waals surface area contributed by atoms with Crippen LogP contribution in [0.5, 0.6) is 0 Å². The van der Waals surface area contributed by atoms with Crippen LogP contribution in [0.25, 0.3) is 10.8 Å². The molecular weight excluding hydrogens is 344 g/mol. The molecule has 4 rings (SSSR count). The van der Waals surface area contributed by atoms with E-state index in [1.165, 1.54) is 0 Å². The molecule has 1 aromatic heterocycles. The quantitative estimate of drug-likeness (QED) is 0.721. The van der Waals surface area contributed by atoms with Crippen LogP contribution in [0.2, 0.25) is 0 Å². The fourth-order valence-electron chi connectivity index (χ4n) is 3.04. The summed E-state index contributed by atoms with van der Waals surface area (Å²) in [6.07, 6.45) is 1.80. The molecule has 3 amide bonds. The van der Waals surface area contributed by atoms with Crippen LogP contribution in [0.15, 0.2) is 53.1 Å². The lowest BCUT2D eigenvalue weighted by Gasteiger charge is -2.22. The molecule has 0 atom stereocenters. The highest BCUT2D eigenvalue weighted by atomic mass is 16.5. The average molecular weight is 364 g/mol. The second kappa shape index (κ2) is 7.11. The number of aryl methyl sites for hydroxylation is 1. The maximum Gasteiger partial charge on any atom is 0.322 e. The lowest BCUT2D eigenvalue weighted by atomic mass is 10.1. The highest BCUT2D eigenvalue weighted by molar-refractivity contribution is 6.03. The van der Waals surface area contributed by atoms with Crippen molar-refractivity contribution in [3.63, 3.8) is 0 Å². The molecule has 2 aromatic carbocycles. The molecule has 1 aliphatic rings. The van der Waals surface area contributed by atoms with Crippen LogP contribution in [0.1, 0.15) is 18.6 Å². The summed E-state index contributed by atoms with van der Waals surface area (Å²) in [4.78, 5) is 26.7. The van der Waals surface area contributed by atoms with Gasteiger partial charge in [0.15, 0.2) is 5.82 Å². The van der Waals surface area contributed by atoms with Crippen molar-refractivity contribution in [1.29, 1.82) is 0 Å². The van der Waals surface area contributed by atoms with Gasteiger partial charge in [-0.25, -0.2) is 4.79 Å². The van der Waals surface area contributed by atoms with E-state index in [0.29, 0.717) is 11.6 Å². The van der Waals surface area contributed by atoms with E-state index in [0.717, 1.165) is 29.3 Å². The molecule has 0 radical (unpaired) electrons. The topological polar surface area (TPSA) is 87.5 Å². The lowest BCUT2D eigenvalue weighted by Crippen LogP contribution is -2.42. The minimum Gasteiger partial charge on any atom is -0.360 e. The van der Waals surface area contributed by atoms with Crippen LogP contribution in [0.4, 0.5) is 16.3 Å². The van der Waals surface area contributed by atoms with E-state index < -0.39 is 0 Å². The molecule has 1 aliphatic carbocycles. The van der Waals surface area contributed by atoms with Crippen molar-refractivity contribution in [2.45, 2.75) is 25.8 Å². The maximum absolute atomic E-state index is 12.8. The summed E-state index contributed by atoms with van der Waals surface area (Å²) in [5, 5.41) is 11.4. The second-order valence-corrected chi connectivity index (χ2v) is 6.69. The molecular formula is C20H20N4O3. The van der Waals surface area contributed by atoms with Crippen LogP contribution < -0.4 is 10.6 Å². The molecule has 2 N–H and O–H groups in total. The molecule has 0 unspecified atom stereocenters. The first kappa shape index (κ1) is 17.1. The van der Waals surface area contributed by atoms with Crippen LogP contribution in [-0.2, 0) is 4.79 Å². The number of nitrogens with one attached hydrogen (secondary N) is 2. The zero-order valence-corrected chi connectivity index (χ0v) is 14.9. The van der Waals surface area contributed by atoms with Gasteiger partial charge in [-0.05, 0) is 31.2 Å². The van der Waals surface area contributed by atoms with Crippen LogP contribution >= 0.6 is 0 Å². The molecule has 0 saturated heterocycles. The molecule has 1 heterocycles. The van der Waals surface area contributed by atoms with Crippen molar-refractivity contribution >= 4 is 34.2 Å². The van der Waals surface area contributed by atoms with Crippen molar-refractivity contribution in [2.75, 3.05) is 17.2 Å². The zero-order valence-electron chi connectivity index (χ0n) is 14.9. The minimum atomic E-state index is -0.303. The van der Waals surface area contributed by atoms with E-state index in [2.05, 4.69) is 15.8 Å². The van der Waals surface area contributed by atoms with Gasteiger partial charge in [0.2, 0.25) is 5.91 Å². The zero-order chi connectivity index (χ0) is 18.8. The molecule has 1 fully saturated rings. The molecule has 138 valence electrons. The third-order valence-corrected chi connectivity index (χ3v) is 4.49. The molecule has 0 spiro atoms. The number of nitrogens with zero attached hydrogens (tertiary/aromatic N) is 2. The van der Waals surface area contributed by atoms with Gasteiger partial charge in [-0.3, -0.25) is 4.79 Å². The van der Waals surface area contributed by atoms with Crippen molar-refractivity contribution in [2.24, 2.45) is 0 Å². The lowest BCUT2D eigenvalue weighted by molar-refractivity contribution is -0.116. The van der Waals surface area contributed by atoms with Crippen LogP contribution in [-0.4, -0.2) is 34.6 Å². The van der Waals surface area contributed by atoms with E-state index >= 15 is 0 Å². The summed E-state index contributed by atoms with van der Waals surface area (Å²) in [5.74, 6) is 0.657. The number of urea groups is 1. The van der Waals surface area contributed by atoms with Gasteiger partial charge >= 0.3 is 6.03 Å². The van der Waals surface area contributed by atoms with E-state index in [1.807, 2.05) is 42.5 Å². The number of benzene rings is 2. The third kappa shape index (κ3) is 3.92. The monoisotopic (exact) mass is 364 g/mol. The first-order valence-corrected chi connectivity index (χ1v) is 8.89. The van der Waals surface area contributed by atoms with Gasteiger partial charge in [0, 0.05) is 17.5 Å². The number of carbonyl (C=O) groups excluding carboxylic acids is 2. The number of aromatic nitrogens is 1. The van der Waals surface area contributed by atoms with E-state index in [-0.39, 0.29) is 24.5 Å². The first-order chi connectivity index (χ1) is 13.1. The third-order valence-electron chi connectivity index (χ3n) is 4.49. The SMILES string of the molecule is Cc1cc(NC(=O)CN(C(=O)Nc2cccc3ccccc23)C2CC2)no1. The van der Waals surface area contributed by atoms with Gasteiger partial charge < -0.3 is 20.1 Å². The van der Waals surface area contributed by atoms with Gasteiger partial charge in [0.1, 0.15) is 12.3 Å². The Morgan fingerprint density at radius 2 is 1.93 bits per heavy atom. The average Bonchev–Trinajstić information content (AvgIpc) is 3.42. The number of hydrogen-bond donors (Lipinski definition) is 2. The Morgan fingerprint density at radius 1 is 1.15 bits per heavy atom. The first-order valence-electron chi connectivity index (χ1n) is 8.89. The molecule has 0 bridgehead atoms. The molecule has 27 heavy (non-hydrogen) atoms. The fraction of sp³-hybridized carbons (Fsp3) is 0.250. The van der Waals surface area contributed by atoms with Gasteiger partial charge in [-0.2, -0.15) is 0 Å². The highest BCUT2D eigenvalue weighted by Crippen LogP contribution is 2.29. The van der Waals surface area contributed by atoms with Crippen molar-refractivity contribution in [3.05, 3.63) is 54.3 Å². The number of anilines is 2. The predicted octanol–water partition coefficient (Wildman–Crippen LogP) is 3.77. The fourth-order valence-corrected chi connectivity index (χ4v) is 3.04. The van der Waals surface area contributed by atoms with Crippen LogP contribution in [0.3, 0.4) is 0 Å². The molecule has 1 saturated carbocycles. The van der Waals surface area contributed by atoms with Crippen LogP contribution in [0, 0.1) is 6.92 Å². The van der Waals surface area contributed by atoms with Gasteiger partial charge in [0.25, 0.3) is 0 Å². The largest absolute Gasteiger partial charge is 0.360 e. The maximum atomic E-state index is 12.8. The molecule has 7 heteroatoms. The van der Waals surface area contributed by atoms with Gasteiger partial charge in [-0.1, -0.05) is 41.6 Å². The number of fused-ring (bicyclic) bond motifs is 1. The number of amides is 3. The summed E-state index contributed by atoms with van der Waals surface area (Å²) >= 11 is 0. The Labute approximate surface area is 156 Å². The summed E-state index contributed by atoms with van der Waals surface area (Å²) in [6.45, 7) is 1.71. The molecule has 7 nitrogen and oxygen atoms in total. The van der Waals surface area contributed by atoms with Gasteiger partial charge in [-0.15, -0.1) is 0 Å². The Balaban J connectivity index is 1.47. The highest BCUT2D eigenvalue weighted by Gasteiger charge is 2.34. The molecule has 0 aliphatic heterocycles. The Kier molecular flexibility index (Phi) is 4.50. The Morgan fingerprint density at radius 3 is 2.67 bits per heavy atom. The summed E-state index contributed by atoms with van der Waals surface area (Å²) in [6, 6.07) is 15.1. The molecule has 3 aromatic rings. The van der Waals surface area contributed by atoms with Crippen molar-refractivity contribution in [3.8, 4) is 0 Å². The standard InChI is InChI=1S/C20H20N4O3/c1-13-11-18(23-27-13)22-19(25)12-24(15-9-10-15)20(26)21-17-8-4-6-14-5-2-3-7-16(14)17/h2-8,11,15H,9-10,12H2,1H3,(H,21,26)(H,22,23,25). The Hall–Kier alpha value is -3.35. The predicted molar refractivity (Wildman–Crippen MR) is 103 cm³/mol. The van der Waals surface area contributed by atoms with Gasteiger partial charge in [0.05, 0.1) is 5.69 Å². The second-order valence-electron chi connectivity index (χ2n) is 6.69. The summed E-state index contributed by atoms with van der Waals surface area (Å²) in [5.41, 5.74) is 0.733. The normalized spacial score (nSPS) is 13.4. The summed E-state index contributed by atoms with van der Waals surface area (Å²) in [7, 11) is 0. The van der Waals surface area contributed by atoms with E-state index in [9.17, 15) is 9.59 Å². The van der Waals surface area contributed by atoms with Crippen molar-refractivity contribution in [1.82, 2.24) is 10.1 Å². The summed E-state index contributed by atoms with van der Waals surface area (Å²) < 4.78 is 4.94. The number of carbonyl (C=O) groups is 2. The Bertz CT molecular complexity index is 988. The van der Waals surface area contributed by atoms with E-state index in [1.54, 1.807) is 17.9 Å². The van der Waals surface area contributed by atoms with E-state index in [4.69, 9.17) is 4.52 Å². The minimum absolute atomic E-state index is 0.0345. The van der Waals surface area contributed by atoms with Crippen molar-refractivity contribution < 1.29 is 14.1 Å². The number of rotatable bonds is 5. The number of hydrogen-bond acceptors (Lipinski definition) is 4.